The maximum atomic E-state index is 13.1. The lowest BCUT2D eigenvalue weighted by atomic mass is 10.0. The van der Waals surface area contributed by atoms with Gasteiger partial charge in [-0.3, -0.25) is 0 Å². The molecule has 6 heteroatoms. The topological polar surface area (TPSA) is 59.2 Å². The zero-order valence-corrected chi connectivity index (χ0v) is 14.2. The van der Waals surface area contributed by atoms with E-state index in [1.54, 1.807) is 13.0 Å². The SMILES string of the molecule is Cc1ccccc1-c1nnc(SCC(O)c2ccc(F)cc2C)o1. The maximum Gasteiger partial charge on any atom is 0.276 e. The van der Waals surface area contributed by atoms with E-state index in [1.165, 1.54) is 23.9 Å². The highest BCUT2D eigenvalue weighted by molar-refractivity contribution is 7.99. The average molecular weight is 344 g/mol. The van der Waals surface area contributed by atoms with Gasteiger partial charge in [0.2, 0.25) is 5.89 Å². The van der Waals surface area contributed by atoms with Crippen LogP contribution in [0.15, 0.2) is 52.1 Å². The Balaban J connectivity index is 1.68. The fraction of sp³-hybridized carbons (Fsp3) is 0.222. The van der Waals surface area contributed by atoms with Gasteiger partial charge in [-0.15, -0.1) is 10.2 Å². The Morgan fingerprint density at radius 3 is 2.67 bits per heavy atom. The molecule has 0 aliphatic carbocycles. The van der Waals surface area contributed by atoms with Crippen molar-refractivity contribution in [3.63, 3.8) is 0 Å². The van der Waals surface area contributed by atoms with Crippen LogP contribution in [0, 0.1) is 19.7 Å². The second-order valence-electron chi connectivity index (χ2n) is 5.52. The van der Waals surface area contributed by atoms with Crippen LogP contribution in [0.5, 0.6) is 0 Å². The molecule has 24 heavy (non-hydrogen) atoms. The summed E-state index contributed by atoms with van der Waals surface area (Å²) >= 11 is 1.27. The van der Waals surface area contributed by atoms with E-state index >= 15 is 0 Å². The van der Waals surface area contributed by atoms with Crippen LogP contribution in [-0.2, 0) is 0 Å². The zero-order valence-electron chi connectivity index (χ0n) is 13.4. The summed E-state index contributed by atoms with van der Waals surface area (Å²) in [5, 5.41) is 18.8. The van der Waals surface area contributed by atoms with Crippen LogP contribution in [-0.4, -0.2) is 21.1 Å². The summed E-state index contributed by atoms with van der Waals surface area (Å²) < 4.78 is 18.8. The third kappa shape index (κ3) is 3.66. The minimum absolute atomic E-state index is 0.309. The van der Waals surface area contributed by atoms with E-state index in [1.807, 2.05) is 31.2 Å². The Labute approximate surface area is 143 Å². The van der Waals surface area contributed by atoms with E-state index in [0.717, 1.165) is 11.1 Å². The van der Waals surface area contributed by atoms with Gasteiger partial charge in [0, 0.05) is 11.3 Å². The first-order valence-corrected chi connectivity index (χ1v) is 8.49. The Kier molecular flexibility index (Phi) is 4.97. The molecule has 0 spiro atoms. The van der Waals surface area contributed by atoms with Crippen molar-refractivity contribution in [3.8, 4) is 11.5 Å². The summed E-state index contributed by atoms with van der Waals surface area (Å²) in [7, 11) is 0. The molecule has 0 bridgehead atoms. The molecular formula is C18H17FN2O2S. The lowest BCUT2D eigenvalue weighted by Crippen LogP contribution is -2.03. The number of aliphatic hydroxyl groups is 1. The third-order valence-electron chi connectivity index (χ3n) is 3.74. The molecule has 0 aliphatic rings. The Morgan fingerprint density at radius 2 is 1.92 bits per heavy atom. The van der Waals surface area contributed by atoms with E-state index < -0.39 is 6.10 Å². The zero-order chi connectivity index (χ0) is 17.1. The Hall–Kier alpha value is -2.18. The van der Waals surface area contributed by atoms with E-state index in [2.05, 4.69) is 10.2 Å². The van der Waals surface area contributed by atoms with Crippen LogP contribution in [0.4, 0.5) is 4.39 Å². The van der Waals surface area contributed by atoms with Crippen molar-refractivity contribution in [1.82, 2.24) is 10.2 Å². The molecule has 4 nitrogen and oxygen atoms in total. The van der Waals surface area contributed by atoms with Crippen LogP contribution in [0.25, 0.3) is 11.5 Å². The highest BCUT2D eigenvalue weighted by atomic mass is 32.2. The van der Waals surface area contributed by atoms with Crippen molar-refractivity contribution >= 4 is 11.8 Å². The lowest BCUT2D eigenvalue weighted by Gasteiger charge is -2.12. The first-order valence-electron chi connectivity index (χ1n) is 7.51. The van der Waals surface area contributed by atoms with Gasteiger partial charge < -0.3 is 9.52 Å². The first-order chi connectivity index (χ1) is 11.5. The highest BCUT2D eigenvalue weighted by Crippen LogP contribution is 2.29. The molecule has 3 rings (SSSR count). The number of rotatable bonds is 5. The van der Waals surface area contributed by atoms with Crippen LogP contribution < -0.4 is 0 Å². The molecule has 1 atom stereocenters. The molecule has 0 fully saturated rings. The Morgan fingerprint density at radius 1 is 1.12 bits per heavy atom. The molecule has 0 saturated heterocycles. The standard InChI is InChI=1S/C18H17FN2O2S/c1-11-5-3-4-6-15(11)17-20-21-18(23-17)24-10-16(22)14-8-7-13(19)9-12(14)2/h3-9,16,22H,10H2,1-2H3. The number of aliphatic hydroxyl groups excluding tert-OH is 1. The number of nitrogens with zero attached hydrogens (tertiary/aromatic N) is 2. The van der Waals surface area contributed by atoms with Gasteiger partial charge in [-0.05, 0) is 48.7 Å². The lowest BCUT2D eigenvalue weighted by molar-refractivity contribution is 0.203. The number of hydrogen-bond donors (Lipinski definition) is 1. The van der Waals surface area contributed by atoms with E-state index in [-0.39, 0.29) is 5.82 Å². The molecular weight excluding hydrogens is 327 g/mol. The fourth-order valence-electron chi connectivity index (χ4n) is 2.44. The van der Waals surface area contributed by atoms with Crippen molar-refractivity contribution in [1.29, 1.82) is 0 Å². The monoisotopic (exact) mass is 344 g/mol. The van der Waals surface area contributed by atoms with Crippen LogP contribution in [0.2, 0.25) is 0 Å². The third-order valence-corrected chi connectivity index (χ3v) is 4.63. The normalized spacial score (nSPS) is 12.3. The van der Waals surface area contributed by atoms with Gasteiger partial charge >= 0.3 is 0 Å². The second-order valence-corrected chi connectivity index (χ2v) is 6.49. The molecule has 2 aromatic carbocycles. The van der Waals surface area contributed by atoms with Gasteiger partial charge in [-0.2, -0.15) is 0 Å². The van der Waals surface area contributed by atoms with Crippen molar-refractivity contribution in [2.24, 2.45) is 0 Å². The van der Waals surface area contributed by atoms with Gasteiger partial charge in [-0.1, -0.05) is 36.0 Å². The van der Waals surface area contributed by atoms with Gasteiger partial charge in [0.25, 0.3) is 5.22 Å². The number of aryl methyl sites for hydroxylation is 2. The van der Waals surface area contributed by atoms with E-state index in [0.29, 0.717) is 28.0 Å². The van der Waals surface area contributed by atoms with Crippen LogP contribution in [0.1, 0.15) is 22.8 Å². The summed E-state index contributed by atoms with van der Waals surface area (Å²) in [5.41, 5.74) is 3.36. The molecule has 1 unspecified atom stereocenters. The van der Waals surface area contributed by atoms with Crippen molar-refractivity contribution in [2.75, 3.05) is 5.75 Å². The molecule has 0 saturated carbocycles. The van der Waals surface area contributed by atoms with E-state index in [9.17, 15) is 9.50 Å². The second kappa shape index (κ2) is 7.15. The average Bonchev–Trinajstić information content (AvgIpc) is 3.02. The van der Waals surface area contributed by atoms with Crippen molar-refractivity contribution < 1.29 is 13.9 Å². The van der Waals surface area contributed by atoms with Crippen LogP contribution in [0.3, 0.4) is 0 Å². The number of hydrogen-bond acceptors (Lipinski definition) is 5. The maximum absolute atomic E-state index is 13.1. The summed E-state index contributed by atoms with van der Waals surface area (Å²) in [6.07, 6.45) is -0.732. The van der Waals surface area contributed by atoms with Gasteiger partial charge in [-0.25, -0.2) is 4.39 Å². The van der Waals surface area contributed by atoms with Gasteiger partial charge in [0.15, 0.2) is 0 Å². The van der Waals surface area contributed by atoms with Crippen LogP contribution >= 0.6 is 11.8 Å². The van der Waals surface area contributed by atoms with Gasteiger partial charge in [0.05, 0.1) is 6.10 Å². The highest BCUT2D eigenvalue weighted by Gasteiger charge is 2.15. The number of thioether (sulfide) groups is 1. The summed E-state index contributed by atoms with van der Waals surface area (Å²) in [6, 6.07) is 12.1. The quantitative estimate of drug-likeness (QED) is 0.699. The smallest absolute Gasteiger partial charge is 0.276 e. The fourth-order valence-corrected chi connectivity index (χ4v) is 3.16. The predicted molar refractivity (Wildman–Crippen MR) is 91.3 cm³/mol. The molecule has 0 amide bonds. The molecule has 0 radical (unpaired) electrons. The molecule has 124 valence electrons. The number of halogens is 1. The number of benzene rings is 2. The predicted octanol–water partition coefficient (Wildman–Crippen LogP) is 4.32. The minimum atomic E-state index is -0.732. The molecule has 0 aliphatic heterocycles. The largest absolute Gasteiger partial charge is 0.411 e. The van der Waals surface area contributed by atoms with Crippen molar-refractivity contribution in [3.05, 3.63) is 65.0 Å². The first kappa shape index (κ1) is 16.7. The summed E-state index contributed by atoms with van der Waals surface area (Å²) in [4.78, 5) is 0. The molecule has 1 N–H and O–H groups in total. The number of aromatic nitrogens is 2. The minimum Gasteiger partial charge on any atom is -0.411 e. The molecule has 3 aromatic rings. The van der Waals surface area contributed by atoms with Crippen molar-refractivity contribution in [2.45, 2.75) is 25.2 Å². The summed E-state index contributed by atoms with van der Waals surface area (Å²) in [6.45, 7) is 3.75. The Bertz CT molecular complexity index is 851. The van der Waals surface area contributed by atoms with Gasteiger partial charge in [0.1, 0.15) is 5.82 Å². The molecule has 1 aromatic heterocycles. The molecule has 1 heterocycles. The van der Waals surface area contributed by atoms with E-state index in [4.69, 9.17) is 4.42 Å². The summed E-state index contributed by atoms with van der Waals surface area (Å²) in [5.74, 6) is 0.501.